The van der Waals surface area contributed by atoms with Crippen molar-refractivity contribution in [2.75, 3.05) is 19.8 Å². The van der Waals surface area contributed by atoms with Crippen molar-refractivity contribution in [3.8, 4) is 11.5 Å². The molecule has 0 spiro atoms. The molecule has 1 aliphatic heterocycles. The van der Waals surface area contributed by atoms with E-state index in [1.54, 1.807) is 6.07 Å². The summed E-state index contributed by atoms with van der Waals surface area (Å²) in [6, 6.07) is 1.81. The zero-order valence-corrected chi connectivity index (χ0v) is 10.5. The Morgan fingerprint density at radius 1 is 1.35 bits per heavy atom. The molecule has 2 rings (SSSR count). The standard InChI is InChI=1S/C12H16ClNO3/c1-2-8-9(3-4-17-14)10(13)7-11-12(8)16-6-5-15-11/h7H,2-6,14H2,1H3. The lowest BCUT2D eigenvalue weighted by atomic mass is 10.0. The van der Waals surface area contributed by atoms with Gasteiger partial charge in [-0.05, 0) is 18.4 Å². The van der Waals surface area contributed by atoms with Gasteiger partial charge in [0.25, 0.3) is 0 Å². The zero-order valence-electron chi connectivity index (χ0n) is 9.79. The molecule has 1 aliphatic rings. The van der Waals surface area contributed by atoms with Crippen molar-refractivity contribution in [2.45, 2.75) is 19.8 Å². The molecular weight excluding hydrogens is 242 g/mol. The van der Waals surface area contributed by atoms with Gasteiger partial charge in [0.2, 0.25) is 0 Å². The van der Waals surface area contributed by atoms with Crippen LogP contribution in [0.1, 0.15) is 18.1 Å². The first-order valence-electron chi connectivity index (χ1n) is 5.69. The summed E-state index contributed by atoms with van der Waals surface area (Å²) >= 11 is 6.25. The molecule has 0 bridgehead atoms. The molecule has 0 amide bonds. The van der Waals surface area contributed by atoms with Gasteiger partial charge in [-0.3, -0.25) is 0 Å². The molecule has 4 nitrogen and oxygen atoms in total. The van der Waals surface area contributed by atoms with Crippen molar-refractivity contribution < 1.29 is 14.3 Å². The van der Waals surface area contributed by atoms with Gasteiger partial charge in [0.05, 0.1) is 6.61 Å². The van der Waals surface area contributed by atoms with Gasteiger partial charge in [-0.2, -0.15) is 0 Å². The van der Waals surface area contributed by atoms with Crippen molar-refractivity contribution in [3.05, 3.63) is 22.2 Å². The van der Waals surface area contributed by atoms with E-state index in [2.05, 4.69) is 11.8 Å². The summed E-state index contributed by atoms with van der Waals surface area (Å²) in [4.78, 5) is 4.61. The topological polar surface area (TPSA) is 53.7 Å². The predicted octanol–water partition coefficient (Wildman–Crippen LogP) is 2.11. The number of benzene rings is 1. The van der Waals surface area contributed by atoms with Crippen LogP contribution in [0.2, 0.25) is 5.02 Å². The molecule has 0 saturated carbocycles. The molecule has 1 heterocycles. The van der Waals surface area contributed by atoms with Gasteiger partial charge < -0.3 is 14.3 Å². The minimum absolute atomic E-state index is 0.437. The number of ether oxygens (including phenoxy) is 2. The highest BCUT2D eigenvalue weighted by Crippen LogP contribution is 2.40. The normalized spacial score (nSPS) is 13.8. The second-order valence-electron chi connectivity index (χ2n) is 3.81. The lowest BCUT2D eigenvalue weighted by Crippen LogP contribution is -2.18. The lowest BCUT2D eigenvalue weighted by Gasteiger charge is -2.23. The van der Waals surface area contributed by atoms with E-state index in [1.807, 2.05) is 0 Å². The van der Waals surface area contributed by atoms with Gasteiger partial charge in [0.15, 0.2) is 11.5 Å². The van der Waals surface area contributed by atoms with Gasteiger partial charge in [-0.25, -0.2) is 5.90 Å². The van der Waals surface area contributed by atoms with Crippen LogP contribution < -0.4 is 15.4 Å². The molecule has 0 saturated heterocycles. The summed E-state index contributed by atoms with van der Waals surface area (Å²) in [6.45, 7) is 3.65. The van der Waals surface area contributed by atoms with Crippen LogP contribution in [0.15, 0.2) is 6.07 Å². The number of hydrogen-bond donors (Lipinski definition) is 1. The Labute approximate surface area is 106 Å². The van der Waals surface area contributed by atoms with E-state index in [0.717, 1.165) is 29.0 Å². The fourth-order valence-electron chi connectivity index (χ4n) is 2.06. The second-order valence-corrected chi connectivity index (χ2v) is 4.22. The van der Waals surface area contributed by atoms with Crippen molar-refractivity contribution in [2.24, 2.45) is 5.90 Å². The largest absolute Gasteiger partial charge is 0.486 e. The Morgan fingerprint density at radius 2 is 2.12 bits per heavy atom. The van der Waals surface area contributed by atoms with Crippen LogP contribution in [0.4, 0.5) is 0 Å². The molecular formula is C12H16ClNO3. The van der Waals surface area contributed by atoms with Crippen molar-refractivity contribution in [1.29, 1.82) is 0 Å². The number of hydrogen-bond acceptors (Lipinski definition) is 4. The fraction of sp³-hybridized carbons (Fsp3) is 0.500. The number of rotatable bonds is 4. The molecule has 0 atom stereocenters. The highest BCUT2D eigenvalue weighted by Gasteiger charge is 2.20. The van der Waals surface area contributed by atoms with Crippen molar-refractivity contribution >= 4 is 11.6 Å². The van der Waals surface area contributed by atoms with E-state index < -0.39 is 0 Å². The van der Waals surface area contributed by atoms with Gasteiger partial charge in [0, 0.05) is 16.7 Å². The maximum absolute atomic E-state index is 6.25. The van der Waals surface area contributed by atoms with Crippen molar-refractivity contribution in [3.63, 3.8) is 0 Å². The van der Waals surface area contributed by atoms with Crippen LogP contribution in [0.3, 0.4) is 0 Å². The molecule has 0 unspecified atom stereocenters. The number of halogens is 1. The minimum Gasteiger partial charge on any atom is -0.486 e. The van der Waals surface area contributed by atoms with Gasteiger partial charge >= 0.3 is 0 Å². The SMILES string of the molecule is CCc1c(CCON)c(Cl)cc2c1OCCO2. The Hall–Kier alpha value is -0.970. The van der Waals surface area contributed by atoms with Crippen LogP contribution in [-0.4, -0.2) is 19.8 Å². The summed E-state index contributed by atoms with van der Waals surface area (Å²) in [6.07, 6.45) is 1.52. The quantitative estimate of drug-likeness (QED) is 0.840. The van der Waals surface area contributed by atoms with E-state index in [1.165, 1.54) is 0 Å². The summed E-state index contributed by atoms with van der Waals surface area (Å²) < 4.78 is 11.2. The molecule has 17 heavy (non-hydrogen) atoms. The van der Waals surface area contributed by atoms with Crippen molar-refractivity contribution in [1.82, 2.24) is 0 Å². The van der Waals surface area contributed by atoms with E-state index in [9.17, 15) is 0 Å². The molecule has 0 radical (unpaired) electrons. The Morgan fingerprint density at radius 3 is 2.82 bits per heavy atom. The minimum atomic E-state index is 0.437. The smallest absolute Gasteiger partial charge is 0.164 e. The first-order valence-corrected chi connectivity index (χ1v) is 6.07. The molecule has 0 fully saturated rings. The molecule has 1 aromatic rings. The zero-order chi connectivity index (χ0) is 12.3. The maximum atomic E-state index is 6.25. The van der Waals surface area contributed by atoms with Crippen LogP contribution >= 0.6 is 11.6 Å². The van der Waals surface area contributed by atoms with Crippen LogP contribution in [0, 0.1) is 0 Å². The van der Waals surface area contributed by atoms with E-state index in [-0.39, 0.29) is 0 Å². The number of nitrogens with two attached hydrogens (primary N) is 1. The van der Waals surface area contributed by atoms with Gasteiger partial charge in [-0.15, -0.1) is 0 Å². The lowest BCUT2D eigenvalue weighted by molar-refractivity contribution is 0.140. The molecule has 94 valence electrons. The average Bonchev–Trinajstić information content (AvgIpc) is 2.35. The first-order chi connectivity index (χ1) is 8.27. The van der Waals surface area contributed by atoms with Crippen LogP contribution in [0.5, 0.6) is 11.5 Å². The molecule has 0 aromatic heterocycles. The second kappa shape index (κ2) is 5.58. The van der Waals surface area contributed by atoms with E-state index in [4.69, 9.17) is 27.0 Å². The average molecular weight is 258 g/mol. The number of fused-ring (bicyclic) bond motifs is 1. The van der Waals surface area contributed by atoms with E-state index >= 15 is 0 Å². The Bertz CT molecular complexity index is 409. The summed E-state index contributed by atoms with van der Waals surface area (Å²) in [7, 11) is 0. The molecule has 5 heteroatoms. The third kappa shape index (κ3) is 2.49. The predicted molar refractivity (Wildman–Crippen MR) is 65.7 cm³/mol. The van der Waals surface area contributed by atoms with Gasteiger partial charge in [-0.1, -0.05) is 18.5 Å². The van der Waals surface area contributed by atoms with E-state index in [0.29, 0.717) is 31.3 Å². The molecule has 0 aliphatic carbocycles. The third-order valence-electron chi connectivity index (χ3n) is 2.82. The highest BCUT2D eigenvalue weighted by atomic mass is 35.5. The Kier molecular flexibility index (Phi) is 4.10. The Balaban J connectivity index is 2.43. The fourth-order valence-corrected chi connectivity index (χ4v) is 2.37. The summed E-state index contributed by atoms with van der Waals surface area (Å²) in [5, 5.41) is 0.683. The maximum Gasteiger partial charge on any atom is 0.164 e. The first kappa shape index (κ1) is 12.5. The molecule has 1 aromatic carbocycles. The third-order valence-corrected chi connectivity index (χ3v) is 3.16. The monoisotopic (exact) mass is 257 g/mol. The van der Waals surface area contributed by atoms with Crippen LogP contribution in [-0.2, 0) is 17.7 Å². The van der Waals surface area contributed by atoms with Crippen LogP contribution in [0.25, 0.3) is 0 Å². The van der Waals surface area contributed by atoms with Gasteiger partial charge in [0.1, 0.15) is 13.2 Å². The summed E-state index contributed by atoms with van der Waals surface area (Å²) in [5.74, 6) is 6.60. The summed E-state index contributed by atoms with van der Waals surface area (Å²) in [5.41, 5.74) is 2.12. The molecule has 2 N–H and O–H groups in total. The highest BCUT2D eigenvalue weighted by molar-refractivity contribution is 6.31.